The zero-order valence-electron chi connectivity index (χ0n) is 10.1. The van der Waals surface area contributed by atoms with Crippen molar-refractivity contribution in [3.63, 3.8) is 0 Å². The maximum absolute atomic E-state index is 13.6. The van der Waals surface area contributed by atoms with Crippen molar-refractivity contribution in [3.05, 3.63) is 28.5 Å². The third-order valence-electron chi connectivity index (χ3n) is 2.91. The largest absolute Gasteiger partial charge is 0.344 e. The second-order valence-corrected chi connectivity index (χ2v) is 6.90. The fourth-order valence-corrected chi connectivity index (χ4v) is 3.49. The SMILES string of the molecule is CN1CCC(NS(=O)(=O)c2ccc(Br)cc2F)C1=O. The number of amides is 1. The van der Waals surface area contributed by atoms with Crippen LogP contribution in [0.2, 0.25) is 0 Å². The van der Waals surface area contributed by atoms with Gasteiger partial charge >= 0.3 is 0 Å². The average molecular weight is 351 g/mol. The summed E-state index contributed by atoms with van der Waals surface area (Å²) in [6, 6.07) is 2.83. The minimum Gasteiger partial charge on any atom is -0.344 e. The van der Waals surface area contributed by atoms with Gasteiger partial charge < -0.3 is 4.90 Å². The Hall–Kier alpha value is -0.990. The first kappa shape index (κ1) is 14.4. The number of halogens is 2. The number of carbonyl (C=O) groups excluding carboxylic acids is 1. The van der Waals surface area contributed by atoms with E-state index in [1.807, 2.05) is 0 Å². The summed E-state index contributed by atoms with van der Waals surface area (Å²) >= 11 is 3.05. The molecule has 2 rings (SSSR count). The van der Waals surface area contributed by atoms with E-state index in [2.05, 4.69) is 20.7 Å². The van der Waals surface area contributed by atoms with E-state index in [0.29, 0.717) is 17.4 Å². The van der Waals surface area contributed by atoms with Gasteiger partial charge in [0.1, 0.15) is 16.8 Å². The lowest BCUT2D eigenvalue weighted by Gasteiger charge is -2.13. The quantitative estimate of drug-likeness (QED) is 0.887. The van der Waals surface area contributed by atoms with E-state index in [0.717, 1.165) is 12.1 Å². The van der Waals surface area contributed by atoms with Crippen molar-refractivity contribution in [2.75, 3.05) is 13.6 Å². The summed E-state index contributed by atoms with van der Waals surface area (Å²) in [5.41, 5.74) is 0. The van der Waals surface area contributed by atoms with Crippen LogP contribution in [-0.4, -0.2) is 38.9 Å². The van der Waals surface area contributed by atoms with Crippen molar-refractivity contribution in [1.82, 2.24) is 9.62 Å². The Bertz CT molecular complexity index is 620. The van der Waals surface area contributed by atoms with E-state index < -0.39 is 26.8 Å². The normalized spacial score (nSPS) is 20.1. The highest BCUT2D eigenvalue weighted by Crippen LogP contribution is 2.20. The topological polar surface area (TPSA) is 66.5 Å². The minimum absolute atomic E-state index is 0.305. The summed E-state index contributed by atoms with van der Waals surface area (Å²) in [5.74, 6) is -1.17. The maximum Gasteiger partial charge on any atom is 0.244 e. The Balaban J connectivity index is 2.26. The number of nitrogens with zero attached hydrogens (tertiary/aromatic N) is 1. The number of carbonyl (C=O) groups is 1. The molecule has 104 valence electrons. The van der Waals surface area contributed by atoms with Gasteiger partial charge in [0.25, 0.3) is 0 Å². The fourth-order valence-electron chi connectivity index (χ4n) is 1.88. The third-order valence-corrected chi connectivity index (χ3v) is 4.91. The fraction of sp³-hybridized carbons (Fsp3) is 0.364. The molecule has 0 bridgehead atoms. The van der Waals surface area contributed by atoms with Gasteiger partial charge in [-0.15, -0.1) is 0 Å². The second-order valence-electron chi connectivity index (χ2n) is 4.30. The van der Waals surface area contributed by atoms with Crippen molar-refractivity contribution in [2.24, 2.45) is 0 Å². The Morgan fingerprint density at radius 1 is 1.47 bits per heavy atom. The molecule has 0 aromatic heterocycles. The molecule has 1 fully saturated rings. The Kier molecular flexibility index (Phi) is 3.93. The van der Waals surface area contributed by atoms with Gasteiger partial charge in [0.2, 0.25) is 15.9 Å². The first-order chi connectivity index (χ1) is 8.81. The van der Waals surface area contributed by atoms with Crippen LogP contribution in [0.5, 0.6) is 0 Å². The summed E-state index contributed by atoms with van der Waals surface area (Å²) in [6.45, 7) is 0.481. The van der Waals surface area contributed by atoms with Crippen molar-refractivity contribution < 1.29 is 17.6 Å². The first-order valence-electron chi connectivity index (χ1n) is 5.53. The van der Waals surface area contributed by atoms with Crippen LogP contribution < -0.4 is 4.72 Å². The number of benzene rings is 1. The summed E-state index contributed by atoms with van der Waals surface area (Å²) in [4.78, 5) is 12.6. The van der Waals surface area contributed by atoms with Crippen molar-refractivity contribution in [3.8, 4) is 0 Å². The van der Waals surface area contributed by atoms with E-state index in [-0.39, 0.29) is 5.91 Å². The molecule has 1 N–H and O–H groups in total. The molecule has 1 aromatic rings. The van der Waals surface area contributed by atoms with Crippen LogP contribution in [0.1, 0.15) is 6.42 Å². The van der Waals surface area contributed by atoms with Crippen molar-refractivity contribution >= 4 is 31.9 Å². The average Bonchev–Trinajstić information content (AvgIpc) is 2.60. The number of rotatable bonds is 3. The predicted octanol–water partition coefficient (Wildman–Crippen LogP) is 1.10. The molecule has 1 aromatic carbocycles. The van der Waals surface area contributed by atoms with Gasteiger partial charge in [-0.2, -0.15) is 4.72 Å². The minimum atomic E-state index is -4.04. The maximum atomic E-state index is 13.6. The van der Waals surface area contributed by atoms with E-state index >= 15 is 0 Å². The molecule has 0 spiro atoms. The molecule has 1 saturated heterocycles. The Morgan fingerprint density at radius 3 is 2.68 bits per heavy atom. The molecule has 1 unspecified atom stereocenters. The van der Waals surface area contributed by atoms with Gasteiger partial charge in [-0.25, -0.2) is 12.8 Å². The van der Waals surface area contributed by atoms with Gasteiger partial charge in [-0.1, -0.05) is 15.9 Å². The molecule has 0 radical (unpaired) electrons. The van der Waals surface area contributed by atoms with Gasteiger partial charge in [-0.3, -0.25) is 4.79 Å². The zero-order valence-corrected chi connectivity index (χ0v) is 12.5. The third kappa shape index (κ3) is 2.96. The summed E-state index contributed by atoms with van der Waals surface area (Å²) < 4.78 is 40.4. The highest BCUT2D eigenvalue weighted by atomic mass is 79.9. The molecular weight excluding hydrogens is 339 g/mol. The molecule has 1 aliphatic rings. The number of nitrogens with one attached hydrogen (secondary N) is 1. The van der Waals surface area contributed by atoms with Gasteiger partial charge in [0.15, 0.2) is 0 Å². The summed E-state index contributed by atoms with van der Waals surface area (Å²) in [7, 11) is -2.45. The molecular formula is C11H12BrFN2O3S. The molecule has 8 heteroatoms. The molecule has 1 aliphatic heterocycles. The Morgan fingerprint density at radius 2 is 2.16 bits per heavy atom. The van der Waals surface area contributed by atoms with Crippen LogP contribution in [0.4, 0.5) is 4.39 Å². The predicted molar refractivity (Wildman–Crippen MR) is 70.5 cm³/mol. The lowest BCUT2D eigenvalue weighted by molar-refractivity contribution is -0.127. The monoisotopic (exact) mass is 350 g/mol. The van der Waals surface area contributed by atoms with Crippen LogP contribution >= 0.6 is 15.9 Å². The highest BCUT2D eigenvalue weighted by Gasteiger charge is 2.33. The van der Waals surface area contributed by atoms with Crippen LogP contribution in [-0.2, 0) is 14.8 Å². The van der Waals surface area contributed by atoms with E-state index in [1.165, 1.54) is 11.0 Å². The highest BCUT2D eigenvalue weighted by molar-refractivity contribution is 9.10. The van der Waals surface area contributed by atoms with E-state index in [1.54, 1.807) is 7.05 Å². The standard InChI is InChI=1S/C11H12BrFN2O3S/c1-15-5-4-9(11(15)16)14-19(17,18)10-3-2-7(12)6-8(10)13/h2-3,6,9,14H,4-5H2,1H3. The molecule has 0 aliphatic carbocycles. The second kappa shape index (κ2) is 5.18. The lowest BCUT2D eigenvalue weighted by atomic mass is 10.3. The van der Waals surface area contributed by atoms with Gasteiger partial charge in [0.05, 0.1) is 0 Å². The molecule has 1 amide bonds. The number of likely N-dealkylation sites (tertiary alicyclic amines) is 1. The van der Waals surface area contributed by atoms with Crippen molar-refractivity contribution in [2.45, 2.75) is 17.4 Å². The number of likely N-dealkylation sites (N-methyl/N-ethyl adjacent to an activating group) is 1. The molecule has 1 atom stereocenters. The van der Waals surface area contributed by atoms with Crippen LogP contribution in [0, 0.1) is 5.82 Å². The number of hydrogen-bond donors (Lipinski definition) is 1. The molecule has 1 heterocycles. The Labute approximate surface area is 119 Å². The summed E-state index contributed by atoms with van der Waals surface area (Å²) in [5, 5.41) is 0. The van der Waals surface area contributed by atoms with Crippen LogP contribution in [0.25, 0.3) is 0 Å². The van der Waals surface area contributed by atoms with Crippen LogP contribution in [0.15, 0.2) is 27.6 Å². The van der Waals surface area contributed by atoms with E-state index in [9.17, 15) is 17.6 Å². The first-order valence-corrected chi connectivity index (χ1v) is 7.81. The van der Waals surface area contributed by atoms with E-state index in [4.69, 9.17) is 0 Å². The van der Waals surface area contributed by atoms with Gasteiger partial charge in [-0.05, 0) is 24.6 Å². The zero-order chi connectivity index (χ0) is 14.2. The van der Waals surface area contributed by atoms with Gasteiger partial charge in [0, 0.05) is 18.1 Å². The smallest absolute Gasteiger partial charge is 0.244 e. The van der Waals surface area contributed by atoms with Crippen LogP contribution in [0.3, 0.4) is 0 Å². The molecule has 0 saturated carbocycles. The lowest BCUT2D eigenvalue weighted by Crippen LogP contribution is -2.40. The van der Waals surface area contributed by atoms with Crippen molar-refractivity contribution in [1.29, 1.82) is 0 Å². The number of hydrogen-bond acceptors (Lipinski definition) is 3. The molecule has 5 nitrogen and oxygen atoms in total. The molecule has 19 heavy (non-hydrogen) atoms. The number of sulfonamides is 1. The summed E-state index contributed by atoms with van der Waals surface area (Å²) in [6.07, 6.45) is 0.382.